The molecule has 0 atom stereocenters. The van der Waals surface area contributed by atoms with Crippen molar-refractivity contribution in [3.63, 3.8) is 0 Å². The summed E-state index contributed by atoms with van der Waals surface area (Å²) < 4.78 is 27.6. The van der Waals surface area contributed by atoms with Crippen molar-refractivity contribution in [1.29, 1.82) is 0 Å². The number of aryl methyl sites for hydroxylation is 2. The van der Waals surface area contributed by atoms with Gasteiger partial charge in [-0.25, -0.2) is 0 Å². The molecule has 2 heterocycles. The summed E-state index contributed by atoms with van der Waals surface area (Å²) in [5.74, 6) is -0.456. The fourth-order valence-electron chi connectivity index (χ4n) is 2.28. The van der Waals surface area contributed by atoms with Crippen molar-refractivity contribution in [2.45, 2.75) is 18.4 Å². The minimum absolute atomic E-state index is 0.0279. The maximum absolute atomic E-state index is 12.6. The first kappa shape index (κ1) is 16.9. The van der Waals surface area contributed by atoms with Crippen molar-refractivity contribution in [3.05, 3.63) is 65.7 Å². The molecule has 130 valence electrons. The van der Waals surface area contributed by atoms with Gasteiger partial charge in [0.2, 0.25) is 0 Å². The second-order valence-corrected chi connectivity index (χ2v) is 7.40. The van der Waals surface area contributed by atoms with Crippen molar-refractivity contribution < 1.29 is 13.2 Å². The number of hydrogen-bond acceptors (Lipinski definition) is 5. The van der Waals surface area contributed by atoms with Crippen molar-refractivity contribution in [2.24, 2.45) is 7.05 Å². The first-order chi connectivity index (χ1) is 11.9. The highest BCUT2D eigenvalue weighted by molar-refractivity contribution is 7.89. The van der Waals surface area contributed by atoms with Crippen LogP contribution in [-0.2, 0) is 23.6 Å². The predicted molar refractivity (Wildman–Crippen MR) is 90.4 cm³/mol. The van der Waals surface area contributed by atoms with Gasteiger partial charge in [0.1, 0.15) is 0 Å². The number of rotatable bonds is 5. The molecule has 0 bridgehead atoms. The van der Waals surface area contributed by atoms with Crippen LogP contribution >= 0.6 is 0 Å². The Labute approximate surface area is 145 Å². The van der Waals surface area contributed by atoms with Crippen LogP contribution in [0.5, 0.6) is 0 Å². The highest BCUT2D eigenvalue weighted by Crippen LogP contribution is 2.14. The van der Waals surface area contributed by atoms with Crippen LogP contribution in [0.1, 0.15) is 21.6 Å². The van der Waals surface area contributed by atoms with E-state index in [0.717, 1.165) is 15.2 Å². The number of aromatic nitrogens is 4. The summed E-state index contributed by atoms with van der Waals surface area (Å²) in [7, 11) is -2.04. The molecule has 0 radical (unpaired) electrons. The molecule has 0 aliphatic heterocycles. The fraction of sp³-hybridized carbons (Fsp3) is 0.188. The van der Waals surface area contributed by atoms with Crippen LogP contribution in [0.2, 0.25) is 0 Å². The third-order valence-corrected chi connectivity index (χ3v) is 5.09. The van der Waals surface area contributed by atoms with Crippen LogP contribution in [0.4, 0.5) is 0 Å². The van der Waals surface area contributed by atoms with Crippen molar-refractivity contribution in [1.82, 2.24) is 24.3 Å². The summed E-state index contributed by atoms with van der Waals surface area (Å²) in [6.45, 7) is 2.09. The molecule has 0 saturated heterocycles. The van der Waals surface area contributed by atoms with Gasteiger partial charge in [-0.05, 0) is 30.7 Å². The van der Waals surface area contributed by atoms with Crippen LogP contribution in [0.15, 0.2) is 53.8 Å². The van der Waals surface area contributed by atoms with Crippen molar-refractivity contribution in [3.8, 4) is 0 Å². The highest BCUT2D eigenvalue weighted by Gasteiger charge is 2.20. The molecule has 3 rings (SSSR count). The van der Waals surface area contributed by atoms with Crippen LogP contribution in [-0.4, -0.2) is 33.3 Å². The highest BCUT2D eigenvalue weighted by atomic mass is 32.2. The van der Waals surface area contributed by atoms with E-state index in [9.17, 15) is 13.2 Å². The smallest absolute Gasteiger partial charge is 0.282 e. The van der Waals surface area contributed by atoms with E-state index in [-0.39, 0.29) is 17.1 Å². The Morgan fingerprint density at radius 3 is 2.76 bits per heavy atom. The second kappa shape index (κ2) is 6.52. The Bertz CT molecular complexity index is 1020. The third kappa shape index (κ3) is 3.61. The van der Waals surface area contributed by atoms with Crippen LogP contribution in [0.25, 0.3) is 0 Å². The average Bonchev–Trinajstić information content (AvgIpc) is 3.22. The molecule has 1 aromatic carbocycles. The molecule has 3 aromatic rings. The standard InChI is InChI=1S/C16H17N5O3S/c1-12-4-3-5-14(8-12)25(23,24)21-7-6-15(19-21)16(22)17-9-13-10-18-20(2)11-13/h3-8,10-11H,9H2,1-2H3,(H,17,22). The fourth-order valence-corrected chi connectivity index (χ4v) is 3.50. The molecular formula is C16H17N5O3S. The molecule has 9 heteroatoms. The maximum atomic E-state index is 12.6. The molecule has 0 aliphatic carbocycles. The van der Waals surface area contributed by atoms with Gasteiger partial charge in [0.25, 0.3) is 15.9 Å². The zero-order chi connectivity index (χ0) is 18.0. The van der Waals surface area contributed by atoms with Gasteiger partial charge in [0.05, 0.1) is 11.1 Å². The van der Waals surface area contributed by atoms with E-state index < -0.39 is 15.9 Å². The zero-order valence-corrected chi connectivity index (χ0v) is 14.6. The topological polar surface area (TPSA) is 98.9 Å². The SMILES string of the molecule is Cc1cccc(S(=O)(=O)n2ccc(C(=O)NCc3cnn(C)c3)n2)c1. The Morgan fingerprint density at radius 1 is 1.28 bits per heavy atom. The summed E-state index contributed by atoms with van der Waals surface area (Å²) in [6, 6.07) is 7.88. The first-order valence-electron chi connectivity index (χ1n) is 7.50. The van der Waals surface area contributed by atoms with E-state index >= 15 is 0 Å². The monoisotopic (exact) mass is 359 g/mol. The Morgan fingerprint density at radius 2 is 2.08 bits per heavy atom. The van der Waals surface area contributed by atoms with Gasteiger partial charge in [-0.15, -0.1) is 0 Å². The predicted octanol–water partition coefficient (Wildman–Crippen LogP) is 1.09. The van der Waals surface area contributed by atoms with Gasteiger partial charge in [-0.3, -0.25) is 9.48 Å². The summed E-state index contributed by atoms with van der Waals surface area (Å²) in [5, 5.41) is 10.6. The van der Waals surface area contributed by atoms with E-state index in [1.54, 1.807) is 49.2 Å². The molecule has 0 spiro atoms. The molecule has 0 saturated carbocycles. The lowest BCUT2D eigenvalue weighted by Crippen LogP contribution is -2.24. The lowest BCUT2D eigenvalue weighted by atomic mass is 10.2. The van der Waals surface area contributed by atoms with Crippen molar-refractivity contribution >= 4 is 15.9 Å². The van der Waals surface area contributed by atoms with E-state index in [4.69, 9.17) is 0 Å². The summed E-state index contributed by atoms with van der Waals surface area (Å²) >= 11 is 0. The summed E-state index contributed by atoms with van der Waals surface area (Å²) in [4.78, 5) is 12.3. The zero-order valence-electron chi connectivity index (χ0n) is 13.7. The van der Waals surface area contributed by atoms with Gasteiger partial charge < -0.3 is 5.32 Å². The van der Waals surface area contributed by atoms with Gasteiger partial charge in [0, 0.05) is 31.5 Å². The lowest BCUT2D eigenvalue weighted by molar-refractivity contribution is 0.0945. The van der Waals surface area contributed by atoms with Gasteiger partial charge in [-0.1, -0.05) is 12.1 Å². The number of amides is 1. The molecular weight excluding hydrogens is 342 g/mol. The number of nitrogens with one attached hydrogen (secondary N) is 1. The molecule has 25 heavy (non-hydrogen) atoms. The normalized spacial score (nSPS) is 11.4. The van der Waals surface area contributed by atoms with E-state index in [1.807, 2.05) is 0 Å². The van der Waals surface area contributed by atoms with Crippen LogP contribution in [0.3, 0.4) is 0 Å². The third-order valence-electron chi connectivity index (χ3n) is 3.54. The van der Waals surface area contributed by atoms with Crippen LogP contribution < -0.4 is 5.32 Å². The van der Waals surface area contributed by atoms with E-state index in [1.165, 1.54) is 18.3 Å². The van der Waals surface area contributed by atoms with Crippen molar-refractivity contribution in [2.75, 3.05) is 0 Å². The summed E-state index contributed by atoms with van der Waals surface area (Å²) in [6.07, 6.45) is 4.68. The lowest BCUT2D eigenvalue weighted by Gasteiger charge is -2.05. The number of nitrogens with zero attached hydrogens (tertiary/aromatic N) is 4. The molecule has 1 amide bonds. The molecule has 8 nitrogen and oxygen atoms in total. The number of carbonyl (C=O) groups excluding carboxylic acids is 1. The quantitative estimate of drug-likeness (QED) is 0.735. The van der Waals surface area contributed by atoms with Gasteiger partial charge in [-0.2, -0.15) is 22.7 Å². The van der Waals surface area contributed by atoms with Crippen LogP contribution in [0, 0.1) is 6.92 Å². The molecule has 2 aromatic heterocycles. The average molecular weight is 359 g/mol. The Balaban J connectivity index is 1.76. The Kier molecular flexibility index (Phi) is 4.41. The molecule has 0 aliphatic rings. The maximum Gasteiger partial charge on any atom is 0.282 e. The molecule has 0 fully saturated rings. The second-order valence-electron chi connectivity index (χ2n) is 5.60. The number of carbonyl (C=O) groups is 1. The minimum Gasteiger partial charge on any atom is -0.346 e. The van der Waals surface area contributed by atoms with Gasteiger partial charge in [0.15, 0.2) is 5.69 Å². The number of hydrogen-bond donors (Lipinski definition) is 1. The minimum atomic E-state index is -3.83. The largest absolute Gasteiger partial charge is 0.346 e. The summed E-state index contributed by atoms with van der Waals surface area (Å²) in [5.41, 5.74) is 1.69. The van der Waals surface area contributed by atoms with E-state index in [2.05, 4.69) is 15.5 Å². The van der Waals surface area contributed by atoms with Gasteiger partial charge >= 0.3 is 0 Å². The number of benzene rings is 1. The molecule has 1 N–H and O–H groups in total. The first-order valence-corrected chi connectivity index (χ1v) is 8.94. The molecule has 0 unspecified atom stereocenters. The van der Waals surface area contributed by atoms with E-state index in [0.29, 0.717) is 0 Å². The Hall–Kier alpha value is -2.94.